The maximum atomic E-state index is 11.0. The highest BCUT2D eigenvalue weighted by molar-refractivity contribution is 5.80. The van der Waals surface area contributed by atoms with E-state index in [1.54, 1.807) is 20.2 Å². The summed E-state index contributed by atoms with van der Waals surface area (Å²) >= 11 is 0. The zero-order chi connectivity index (χ0) is 13.7. The number of methoxy groups -OCH3 is 1. The molecule has 1 heterocycles. The molecule has 0 unspecified atom stereocenters. The first kappa shape index (κ1) is 12.7. The summed E-state index contributed by atoms with van der Waals surface area (Å²) in [5.74, 6) is 1.11. The maximum Gasteiger partial charge on any atom is 0.363 e. The van der Waals surface area contributed by atoms with Crippen LogP contribution in [0.3, 0.4) is 0 Å². The Bertz CT molecular complexity index is 633. The Kier molecular flexibility index (Phi) is 3.87. The number of hydrogen-bond donors (Lipinski definition) is 2. The first-order chi connectivity index (χ1) is 9.19. The van der Waals surface area contributed by atoms with Crippen molar-refractivity contribution in [3.63, 3.8) is 0 Å². The summed E-state index contributed by atoms with van der Waals surface area (Å²) in [5, 5.41) is 10.0. The summed E-state index contributed by atoms with van der Waals surface area (Å²) < 4.78 is 5.06. The molecule has 19 heavy (non-hydrogen) atoms. The van der Waals surface area contributed by atoms with Gasteiger partial charge >= 0.3 is 5.69 Å². The molecule has 0 atom stereocenters. The van der Waals surface area contributed by atoms with Gasteiger partial charge in [-0.15, -0.1) is 0 Å². The van der Waals surface area contributed by atoms with Crippen molar-refractivity contribution in [1.29, 1.82) is 0 Å². The molecular formula is C12H13N5O2. The van der Waals surface area contributed by atoms with E-state index in [9.17, 15) is 4.79 Å². The Balaban J connectivity index is 2.06. The van der Waals surface area contributed by atoms with Crippen LogP contribution in [0.1, 0.15) is 11.3 Å². The molecule has 7 nitrogen and oxygen atoms in total. The number of aryl methyl sites for hydroxylation is 1. The van der Waals surface area contributed by atoms with Crippen LogP contribution in [0.15, 0.2) is 34.2 Å². The highest BCUT2D eigenvalue weighted by Crippen LogP contribution is 2.10. The van der Waals surface area contributed by atoms with Crippen LogP contribution < -0.4 is 15.9 Å². The lowest BCUT2D eigenvalue weighted by Gasteiger charge is -2.01. The maximum absolute atomic E-state index is 11.0. The van der Waals surface area contributed by atoms with Crippen molar-refractivity contribution in [2.75, 3.05) is 12.5 Å². The van der Waals surface area contributed by atoms with E-state index in [1.807, 2.05) is 24.3 Å². The molecule has 98 valence electrons. The summed E-state index contributed by atoms with van der Waals surface area (Å²) in [4.78, 5) is 14.7. The van der Waals surface area contributed by atoms with Gasteiger partial charge in [-0.25, -0.2) is 9.89 Å². The molecule has 0 fully saturated rings. The van der Waals surface area contributed by atoms with E-state index < -0.39 is 5.69 Å². The number of ether oxygens (including phenoxy) is 1. The van der Waals surface area contributed by atoms with Crippen LogP contribution in [0.4, 0.5) is 5.82 Å². The van der Waals surface area contributed by atoms with Gasteiger partial charge in [0.25, 0.3) is 0 Å². The summed E-state index contributed by atoms with van der Waals surface area (Å²) in [6.07, 6.45) is 1.61. The zero-order valence-corrected chi connectivity index (χ0v) is 10.5. The number of hydrazone groups is 1. The third-order valence-corrected chi connectivity index (χ3v) is 2.38. The first-order valence-corrected chi connectivity index (χ1v) is 5.55. The molecule has 0 aliphatic carbocycles. The quantitative estimate of drug-likeness (QED) is 0.629. The number of aromatic nitrogens is 3. The lowest BCUT2D eigenvalue weighted by Crippen LogP contribution is -2.15. The van der Waals surface area contributed by atoms with Crippen LogP contribution in [0.5, 0.6) is 5.75 Å². The van der Waals surface area contributed by atoms with Crippen LogP contribution in [-0.2, 0) is 0 Å². The minimum atomic E-state index is -0.521. The van der Waals surface area contributed by atoms with Crippen molar-refractivity contribution >= 4 is 12.0 Å². The molecule has 0 saturated carbocycles. The van der Waals surface area contributed by atoms with Gasteiger partial charge in [0.1, 0.15) is 11.4 Å². The van der Waals surface area contributed by atoms with E-state index >= 15 is 0 Å². The standard InChI is InChI=1S/C12H13N5O2/c1-8-11(14-12(18)17-15-8)16-13-7-9-3-5-10(19-2)6-4-9/h3-7H,1-2H3,(H2,14,16,17,18)/b13-7+. The average Bonchev–Trinajstić information content (AvgIpc) is 2.43. The number of hydrogen-bond acceptors (Lipinski definition) is 6. The molecule has 1 aromatic heterocycles. The fraction of sp³-hybridized carbons (Fsp3) is 0.167. The Morgan fingerprint density at radius 3 is 2.79 bits per heavy atom. The molecule has 0 amide bonds. The minimum absolute atomic E-state index is 0.327. The van der Waals surface area contributed by atoms with Crippen LogP contribution >= 0.6 is 0 Å². The van der Waals surface area contributed by atoms with Crippen LogP contribution in [0, 0.1) is 6.92 Å². The zero-order valence-electron chi connectivity index (χ0n) is 10.5. The third-order valence-electron chi connectivity index (χ3n) is 2.38. The minimum Gasteiger partial charge on any atom is -0.497 e. The molecule has 1 aromatic carbocycles. The van der Waals surface area contributed by atoms with E-state index in [4.69, 9.17) is 4.74 Å². The second-order valence-corrected chi connectivity index (χ2v) is 3.72. The van der Waals surface area contributed by atoms with E-state index in [2.05, 4.69) is 25.7 Å². The molecule has 0 bridgehead atoms. The number of H-pyrrole nitrogens is 1. The molecule has 2 rings (SSSR count). The average molecular weight is 259 g/mol. The predicted octanol–water partition coefficient (Wildman–Crippen LogP) is 0.928. The highest BCUT2D eigenvalue weighted by Gasteiger charge is 1.99. The van der Waals surface area contributed by atoms with Crippen LogP contribution in [-0.4, -0.2) is 28.5 Å². The van der Waals surface area contributed by atoms with Gasteiger partial charge < -0.3 is 4.74 Å². The van der Waals surface area contributed by atoms with Gasteiger partial charge in [-0.2, -0.15) is 15.2 Å². The van der Waals surface area contributed by atoms with Gasteiger partial charge in [-0.1, -0.05) is 0 Å². The summed E-state index contributed by atoms with van der Waals surface area (Å²) in [6, 6.07) is 7.39. The normalized spacial score (nSPS) is 10.6. The van der Waals surface area contributed by atoms with Gasteiger partial charge in [0.15, 0.2) is 5.82 Å². The smallest absolute Gasteiger partial charge is 0.363 e. The summed E-state index contributed by atoms with van der Waals surface area (Å²) in [6.45, 7) is 1.72. The topological polar surface area (TPSA) is 92.3 Å². The Morgan fingerprint density at radius 1 is 1.37 bits per heavy atom. The first-order valence-electron chi connectivity index (χ1n) is 5.55. The van der Waals surface area contributed by atoms with Crippen molar-refractivity contribution in [3.8, 4) is 5.75 Å². The number of anilines is 1. The lowest BCUT2D eigenvalue weighted by molar-refractivity contribution is 0.415. The van der Waals surface area contributed by atoms with E-state index in [0.29, 0.717) is 11.5 Å². The fourth-order valence-corrected chi connectivity index (χ4v) is 1.36. The fourth-order valence-electron chi connectivity index (χ4n) is 1.36. The van der Waals surface area contributed by atoms with Gasteiger partial charge in [0.2, 0.25) is 0 Å². The summed E-state index contributed by atoms with van der Waals surface area (Å²) in [7, 11) is 1.61. The van der Waals surface area contributed by atoms with Crippen molar-refractivity contribution < 1.29 is 4.74 Å². The third kappa shape index (κ3) is 3.38. The predicted molar refractivity (Wildman–Crippen MR) is 71.6 cm³/mol. The summed E-state index contributed by atoms with van der Waals surface area (Å²) in [5.41, 5.74) is 3.61. The van der Waals surface area contributed by atoms with Crippen molar-refractivity contribution in [2.45, 2.75) is 6.92 Å². The molecule has 0 spiro atoms. The Morgan fingerprint density at radius 2 is 2.11 bits per heavy atom. The number of rotatable bonds is 4. The highest BCUT2D eigenvalue weighted by atomic mass is 16.5. The van der Waals surface area contributed by atoms with Crippen molar-refractivity contribution in [2.24, 2.45) is 5.10 Å². The van der Waals surface area contributed by atoms with Crippen molar-refractivity contribution in [1.82, 2.24) is 15.2 Å². The number of aromatic amines is 1. The van der Waals surface area contributed by atoms with E-state index in [-0.39, 0.29) is 0 Å². The largest absolute Gasteiger partial charge is 0.497 e. The van der Waals surface area contributed by atoms with Gasteiger partial charge in [0.05, 0.1) is 13.3 Å². The number of nitrogens with one attached hydrogen (secondary N) is 2. The molecular weight excluding hydrogens is 246 g/mol. The monoisotopic (exact) mass is 259 g/mol. The SMILES string of the molecule is COc1ccc(/C=N/Nc2nc(=O)[nH]nc2C)cc1. The molecule has 0 aliphatic heterocycles. The van der Waals surface area contributed by atoms with Crippen molar-refractivity contribution in [3.05, 3.63) is 46.0 Å². The molecule has 7 heteroatoms. The number of nitrogens with zero attached hydrogens (tertiary/aromatic N) is 3. The molecule has 0 aliphatic rings. The van der Waals surface area contributed by atoms with Crippen LogP contribution in [0.25, 0.3) is 0 Å². The van der Waals surface area contributed by atoms with E-state index in [0.717, 1.165) is 11.3 Å². The second kappa shape index (κ2) is 5.76. The number of benzene rings is 1. The van der Waals surface area contributed by atoms with Gasteiger partial charge in [0, 0.05) is 0 Å². The molecule has 2 aromatic rings. The van der Waals surface area contributed by atoms with E-state index in [1.165, 1.54) is 0 Å². The second-order valence-electron chi connectivity index (χ2n) is 3.72. The molecule has 0 radical (unpaired) electrons. The molecule has 0 saturated heterocycles. The van der Waals surface area contributed by atoms with Gasteiger partial charge in [-0.3, -0.25) is 5.43 Å². The Hall–Kier alpha value is -2.70. The van der Waals surface area contributed by atoms with Gasteiger partial charge in [-0.05, 0) is 36.8 Å². The Labute approximate surface area is 109 Å². The lowest BCUT2D eigenvalue weighted by atomic mass is 10.2. The molecule has 2 N–H and O–H groups in total. The van der Waals surface area contributed by atoms with Crippen LogP contribution in [0.2, 0.25) is 0 Å².